The zero-order valence-electron chi connectivity index (χ0n) is 9.07. The van der Waals surface area contributed by atoms with E-state index < -0.39 is 0 Å². The lowest BCUT2D eigenvalue weighted by molar-refractivity contribution is 0.565. The van der Waals surface area contributed by atoms with Gasteiger partial charge in [-0.25, -0.2) is 4.98 Å². The van der Waals surface area contributed by atoms with Crippen molar-refractivity contribution < 1.29 is 0 Å². The summed E-state index contributed by atoms with van der Waals surface area (Å²) in [6.07, 6.45) is 4.28. The van der Waals surface area contributed by atoms with Crippen LogP contribution in [0, 0.1) is 5.92 Å². The van der Waals surface area contributed by atoms with Crippen molar-refractivity contribution in [3.05, 3.63) is 28.8 Å². The van der Waals surface area contributed by atoms with Gasteiger partial charge in [0.05, 0.1) is 11.9 Å². The Morgan fingerprint density at radius 3 is 3.25 bits per heavy atom. The molecule has 3 heterocycles. The molecule has 0 radical (unpaired) electrons. The van der Waals surface area contributed by atoms with Gasteiger partial charge in [-0.3, -0.25) is 0 Å². The molecular weight excluding hydrogens is 218 g/mol. The van der Waals surface area contributed by atoms with Crippen LogP contribution < -0.4 is 5.32 Å². The van der Waals surface area contributed by atoms with E-state index in [1.807, 2.05) is 6.20 Å². The highest BCUT2D eigenvalue weighted by atomic mass is 32.1. The molecule has 3 rings (SSSR count). The van der Waals surface area contributed by atoms with E-state index in [9.17, 15) is 0 Å². The Hall–Kier alpha value is -1.13. The molecule has 0 saturated carbocycles. The highest BCUT2D eigenvalue weighted by Crippen LogP contribution is 2.21. The summed E-state index contributed by atoms with van der Waals surface area (Å²) in [7, 11) is 0. The van der Waals surface area contributed by atoms with Crippen molar-refractivity contribution in [3.63, 3.8) is 0 Å². The van der Waals surface area contributed by atoms with Crippen molar-refractivity contribution in [3.8, 4) is 11.3 Å². The van der Waals surface area contributed by atoms with Crippen molar-refractivity contribution in [2.24, 2.45) is 5.92 Å². The summed E-state index contributed by atoms with van der Waals surface area (Å²) in [6, 6.07) is 2.12. The summed E-state index contributed by atoms with van der Waals surface area (Å²) in [5.41, 5.74) is 2.38. The third-order valence-corrected chi connectivity index (χ3v) is 3.79. The normalized spacial score (nSPS) is 20.4. The third kappa shape index (κ3) is 2.03. The van der Waals surface area contributed by atoms with Crippen LogP contribution in [0.4, 0.5) is 0 Å². The van der Waals surface area contributed by atoms with Crippen LogP contribution >= 0.6 is 11.3 Å². The molecule has 0 aliphatic carbocycles. The Bertz CT molecular complexity index is 441. The van der Waals surface area contributed by atoms with Crippen molar-refractivity contribution in [1.82, 2.24) is 15.3 Å². The number of hydrogen-bond acceptors (Lipinski definition) is 3. The predicted molar refractivity (Wildman–Crippen MR) is 66.6 cm³/mol. The fourth-order valence-corrected chi connectivity index (χ4v) is 2.85. The SMILES string of the molecule is c1cc(-c2cnc(CC3CCNC3)[nH]2)cs1. The van der Waals surface area contributed by atoms with Crippen LogP contribution in [-0.2, 0) is 6.42 Å². The monoisotopic (exact) mass is 233 g/mol. The first kappa shape index (κ1) is 10.1. The number of H-pyrrole nitrogens is 1. The Morgan fingerprint density at radius 2 is 2.50 bits per heavy atom. The average molecular weight is 233 g/mol. The van der Waals surface area contributed by atoms with E-state index in [2.05, 4.69) is 32.1 Å². The van der Waals surface area contributed by atoms with Crippen LogP contribution in [0.3, 0.4) is 0 Å². The van der Waals surface area contributed by atoms with Gasteiger partial charge >= 0.3 is 0 Å². The highest BCUT2D eigenvalue weighted by molar-refractivity contribution is 7.08. The first-order valence-electron chi connectivity index (χ1n) is 5.69. The Labute approximate surface area is 98.9 Å². The van der Waals surface area contributed by atoms with Crippen LogP contribution in [0.15, 0.2) is 23.0 Å². The summed E-state index contributed by atoms with van der Waals surface area (Å²) in [5, 5.41) is 7.63. The van der Waals surface area contributed by atoms with E-state index in [0.717, 1.165) is 36.9 Å². The molecule has 2 aromatic rings. The minimum Gasteiger partial charge on any atom is -0.342 e. The molecule has 4 heteroatoms. The van der Waals surface area contributed by atoms with E-state index in [0.29, 0.717) is 0 Å². The molecule has 0 spiro atoms. The maximum Gasteiger partial charge on any atom is 0.106 e. The molecule has 3 nitrogen and oxygen atoms in total. The van der Waals surface area contributed by atoms with Crippen molar-refractivity contribution in [1.29, 1.82) is 0 Å². The zero-order valence-corrected chi connectivity index (χ0v) is 9.89. The third-order valence-electron chi connectivity index (χ3n) is 3.11. The molecule has 2 N–H and O–H groups in total. The van der Waals surface area contributed by atoms with Gasteiger partial charge in [-0.15, -0.1) is 0 Å². The van der Waals surface area contributed by atoms with Gasteiger partial charge < -0.3 is 10.3 Å². The van der Waals surface area contributed by atoms with Gasteiger partial charge in [0.25, 0.3) is 0 Å². The quantitative estimate of drug-likeness (QED) is 0.854. The molecular formula is C12H15N3S. The zero-order chi connectivity index (χ0) is 10.8. The standard InChI is InChI=1S/C12H15N3S/c1-3-13-6-9(1)5-12-14-7-11(15-12)10-2-4-16-8-10/h2,4,7-9,13H,1,3,5-6H2,(H,14,15). The van der Waals surface area contributed by atoms with E-state index in [1.165, 1.54) is 12.0 Å². The predicted octanol–water partition coefficient (Wildman–Crippen LogP) is 2.29. The molecule has 1 saturated heterocycles. The number of hydrogen-bond donors (Lipinski definition) is 2. The van der Waals surface area contributed by atoms with Crippen molar-refractivity contribution in [2.75, 3.05) is 13.1 Å². The Kier molecular flexibility index (Phi) is 2.76. The van der Waals surface area contributed by atoms with Crippen LogP contribution in [0.1, 0.15) is 12.2 Å². The smallest absolute Gasteiger partial charge is 0.106 e. The van der Waals surface area contributed by atoms with E-state index in [4.69, 9.17) is 0 Å². The maximum absolute atomic E-state index is 4.46. The number of aromatic nitrogens is 2. The molecule has 1 atom stereocenters. The topological polar surface area (TPSA) is 40.7 Å². The van der Waals surface area contributed by atoms with E-state index in [1.54, 1.807) is 11.3 Å². The molecule has 1 aliphatic heterocycles. The number of aromatic amines is 1. The number of nitrogens with zero attached hydrogens (tertiary/aromatic N) is 1. The van der Waals surface area contributed by atoms with Crippen molar-refractivity contribution in [2.45, 2.75) is 12.8 Å². The maximum atomic E-state index is 4.46. The second-order valence-corrected chi connectivity index (χ2v) is 5.10. The van der Waals surface area contributed by atoms with E-state index >= 15 is 0 Å². The van der Waals surface area contributed by atoms with E-state index in [-0.39, 0.29) is 0 Å². The molecule has 16 heavy (non-hydrogen) atoms. The molecule has 0 amide bonds. The number of rotatable bonds is 3. The molecule has 1 unspecified atom stereocenters. The van der Waals surface area contributed by atoms with Gasteiger partial charge in [0.15, 0.2) is 0 Å². The van der Waals surface area contributed by atoms with Crippen LogP contribution in [0.2, 0.25) is 0 Å². The number of nitrogens with one attached hydrogen (secondary N) is 2. The van der Waals surface area contributed by atoms with Gasteiger partial charge in [0.1, 0.15) is 5.82 Å². The first-order valence-corrected chi connectivity index (χ1v) is 6.63. The second kappa shape index (κ2) is 4.39. The lowest BCUT2D eigenvalue weighted by Gasteiger charge is -2.04. The molecule has 84 valence electrons. The molecule has 1 aliphatic rings. The highest BCUT2D eigenvalue weighted by Gasteiger charge is 2.16. The summed E-state index contributed by atoms with van der Waals surface area (Å²) in [4.78, 5) is 7.87. The molecule has 0 bridgehead atoms. The van der Waals surface area contributed by atoms with Crippen LogP contribution in [-0.4, -0.2) is 23.1 Å². The van der Waals surface area contributed by atoms with Crippen LogP contribution in [0.25, 0.3) is 11.3 Å². The largest absolute Gasteiger partial charge is 0.342 e. The van der Waals surface area contributed by atoms with Crippen LogP contribution in [0.5, 0.6) is 0 Å². The second-order valence-electron chi connectivity index (χ2n) is 4.32. The Morgan fingerprint density at radius 1 is 1.50 bits per heavy atom. The minimum atomic E-state index is 0.751. The molecule has 0 aromatic carbocycles. The van der Waals surface area contributed by atoms with Gasteiger partial charge in [0.2, 0.25) is 0 Å². The summed E-state index contributed by atoms with van der Waals surface area (Å²) in [5.74, 6) is 1.87. The fraction of sp³-hybridized carbons (Fsp3) is 0.417. The Balaban J connectivity index is 1.72. The molecule has 2 aromatic heterocycles. The number of thiophene rings is 1. The van der Waals surface area contributed by atoms with Gasteiger partial charge in [-0.05, 0) is 36.9 Å². The average Bonchev–Trinajstić information content (AvgIpc) is 2.99. The summed E-state index contributed by atoms with van der Waals surface area (Å²) < 4.78 is 0. The minimum absolute atomic E-state index is 0.751. The van der Waals surface area contributed by atoms with Crippen molar-refractivity contribution >= 4 is 11.3 Å². The van der Waals surface area contributed by atoms with Gasteiger partial charge in [-0.1, -0.05) is 0 Å². The lowest BCUT2D eigenvalue weighted by atomic mass is 10.1. The van der Waals surface area contributed by atoms with Gasteiger partial charge in [0, 0.05) is 17.4 Å². The first-order chi connectivity index (χ1) is 7.92. The summed E-state index contributed by atoms with van der Waals surface area (Å²) >= 11 is 1.72. The lowest BCUT2D eigenvalue weighted by Crippen LogP contribution is -2.11. The molecule has 1 fully saturated rings. The summed E-state index contributed by atoms with van der Waals surface area (Å²) in [6.45, 7) is 2.29. The number of imidazole rings is 1. The van der Waals surface area contributed by atoms with Gasteiger partial charge in [-0.2, -0.15) is 11.3 Å². The fourth-order valence-electron chi connectivity index (χ4n) is 2.19.